The van der Waals surface area contributed by atoms with Crippen LogP contribution in [0.15, 0.2) is 24.3 Å². The van der Waals surface area contributed by atoms with E-state index in [1.807, 2.05) is 32.9 Å². The van der Waals surface area contributed by atoms with Gasteiger partial charge in [-0.15, -0.1) is 0 Å². The Bertz CT molecular complexity index is 501. The van der Waals surface area contributed by atoms with Gasteiger partial charge in [0.15, 0.2) is 0 Å². The third kappa shape index (κ3) is 5.79. The van der Waals surface area contributed by atoms with E-state index in [2.05, 4.69) is 17.6 Å². The third-order valence-electron chi connectivity index (χ3n) is 3.13. The second-order valence-electron chi connectivity index (χ2n) is 5.51. The van der Waals surface area contributed by atoms with Crippen molar-refractivity contribution in [1.29, 1.82) is 0 Å². The molecule has 4 nitrogen and oxygen atoms in total. The summed E-state index contributed by atoms with van der Waals surface area (Å²) in [6, 6.07) is 7.21. The molecule has 116 valence electrons. The van der Waals surface area contributed by atoms with Gasteiger partial charge in [0, 0.05) is 16.8 Å². The third-order valence-corrected chi connectivity index (χ3v) is 3.78. The zero-order valence-electron chi connectivity index (χ0n) is 13.2. The second-order valence-corrected chi connectivity index (χ2v) is 6.75. The number of carbonyl (C=O) groups is 2. The molecule has 0 aliphatic carbocycles. The minimum Gasteiger partial charge on any atom is -0.326 e. The molecule has 0 aliphatic rings. The first-order valence-corrected chi connectivity index (χ1v) is 8.23. The molecule has 0 heterocycles. The van der Waals surface area contributed by atoms with E-state index in [4.69, 9.17) is 0 Å². The fourth-order valence-corrected chi connectivity index (χ4v) is 2.45. The molecule has 0 fully saturated rings. The number of nitrogens with one attached hydrogen (secondary N) is 2. The summed E-state index contributed by atoms with van der Waals surface area (Å²) >= 11 is 1.22. The van der Waals surface area contributed by atoms with Crippen molar-refractivity contribution in [2.45, 2.75) is 40.5 Å². The molecule has 0 radical (unpaired) electrons. The Labute approximate surface area is 131 Å². The van der Waals surface area contributed by atoms with Gasteiger partial charge in [-0.05, 0) is 30.4 Å². The van der Waals surface area contributed by atoms with E-state index in [1.54, 1.807) is 12.1 Å². The number of rotatable bonds is 6. The first-order valence-electron chi connectivity index (χ1n) is 7.24. The van der Waals surface area contributed by atoms with E-state index in [1.165, 1.54) is 11.8 Å². The molecule has 0 unspecified atom stereocenters. The average Bonchev–Trinajstić information content (AvgIpc) is 2.39. The molecular formula is C16H24N2O2S. The Morgan fingerprint density at radius 2 is 1.76 bits per heavy atom. The minimum atomic E-state index is -0.397. The number of hydrogen-bond donors (Lipinski definition) is 2. The molecule has 0 atom stereocenters. The van der Waals surface area contributed by atoms with Crippen molar-refractivity contribution in [3.05, 3.63) is 24.3 Å². The Kier molecular flexibility index (Phi) is 6.75. The maximum absolute atomic E-state index is 12.3. The first kappa shape index (κ1) is 17.6. The summed E-state index contributed by atoms with van der Waals surface area (Å²) in [6.07, 6.45) is 1.80. The molecule has 2 amide bonds. The summed E-state index contributed by atoms with van der Waals surface area (Å²) in [4.78, 5) is 23.8. The Morgan fingerprint density at radius 3 is 2.33 bits per heavy atom. The second kappa shape index (κ2) is 8.08. The molecule has 0 aliphatic heterocycles. The SMILES string of the molecule is CCCC(C)(C)C(=O)Nc1cccc(NC(=O)SCC)c1. The first-order chi connectivity index (χ1) is 9.89. The van der Waals surface area contributed by atoms with Crippen LogP contribution in [-0.2, 0) is 4.79 Å². The Morgan fingerprint density at radius 1 is 1.14 bits per heavy atom. The highest BCUT2D eigenvalue weighted by atomic mass is 32.2. The van der Waals surface area contributed by atoms with Gasteiger partial charge in [-0.25, -0.2) is 0 Å². The highest BCUT2D eigenvalue weighted by molar-refractivity contribution is 8.13. The lowest BCUT2D eigenvalue weighted by Gasteiger charge is -2.23. The van der Waals surface area contributed by atoms with Gasteiger partial charge in [-0.1, -0.05) is 51.9 Å². The smallest absolute Gasteiger partial charge is 0.283 e. The van der Waals surface area contributed by atoms with Crippen molar-refractivity contribution in [2.75, 3.05) is 16.4 Å². The molecule has 5 heteroatoms. The van der Waals surface area contributed by atoms with E-state index in [-0.39, 0.29) is 11.1 Å². The van der Waals surface area contributed by atoms with Gasteiger partial charge in [0.25, 0.3) is 5.24 Å². The Balaban J connectivity index is 2.72. The molecule has 0 aromatic heterocycles. The maximum atomic E-state index is 12.3. The van der Waals surface area contributed by atoms with Gasteiger partial charge in [-0.2, -0.15) is 0 Å². The van der Waals surface area contributed by atoms with Gasteiger partial charge in [0.05, 0.1) is 0 Å². The summed E-state index contributed by atoms with van der Waals surface area (Å²) in [6.45, 7) is 7.87. The van der Waals surface area contributed by atoms with Crippen molar-refractivity contribution in [2.24, 2.45) is 5.41 Å². The molecular weight excluding hydrogens is 284 g/mol. The van der Waals surface area contributed by atoms with Crippen molar-refractivity contribution >= 4 is 34.3 Å². The van der Waals surface area contributed by atoms with E-state index in [0.29, 0.717) is 11.4 Å². The topological polar surface area (TPSA) is 58.2 Å². The highest BCUT2D eigenvalue weighted by Gasteiger charge is 2.26. The summed E-state index contributed by atoms with van der Waals surface area (Å²) in [5.41, 5.74) is 0.988. The van der Waals surface area contributed by atoms with Crippen LogP contribution in [0.5, 0.6) is 0 Å². The molecule has 0 saturated carbocycles. The lowest BCUT2D eigenvalue weighted by Crippen LogP contribution is -2.30. The van der Waals surface area contributed by atoms with Crippen LogP contribution in [0, 0.1) is 5.41 Å². The summed E-state index contributed by atoms with van der Waals surface area (Å²) in [7, 11) is 0. The van der Waals surface area contributed by atoms with Gasteiger partial charge in [0.2, 0.25) is 5.91 Å². The molecule has 2 N–H and O–H groups in total. The van der Waals surface area contributed by atoms with Crippen LogP contribution in [0.25, 0.3) is 0 Å². The fourth-order valence-electron chi connectivity index (χ4n) is 2.00. The summed E-state index contributed by atoms with van der Waals surface area (Å²) < 4.78 is 0. The zero-order chi connectivity index (χ0) is 15.9. The van der Waals surface area contributed by atoms with Crippen LogP contribution in [0.4, 0.5) is 16.2 Å². The molecule has 0 bridgehead atoms. The fraction of sp³-hybridized carbons (Fsp3) is 0.500. The monoisotopic (exact) mass is 308 g/mol. The number of benzene rings is 1. The molecule has 1 aromatic carbocycles. The van der Waals surface area contributed by atoms with E-state index < -0.39 is 5.41 Å². The van der Waals surface area contributed by atoms with Crippen molar-refractivity contribution in [1.82, 2.24) is 0 Å². The van der Waals surface area contributed by atoms with Gasteiger partial charge in [0.1, 0.15) is 0 Å². The molecule has 1 rings (SSSR count). The van der Waals surface area contributed by atoms with Crippen molar-refractivity contribution in [3.63, 3.8) is 0 Å². The van der Waals surface area contributed by atoms with Crippen LogP contribution < -0.4 is 10.6 Å². The standard InChI is InChI=1S/C16H24N2O2S/c1-5-10-16(3,4)14(19)17-12-8-7-9-13(11-12)18-15(20)21-6-2/h7-9,11H,5-6,10H2,1-4H3,(H,17,19)(H,18,20). The number of hydrogen-bond acceptors (Lipinski definition) is 3. The van der Waals surface area contributed by atoms with Gasteiger partial charge < -0.3 is 10.6 Å². The van der Waals surface area contributed by atoms with Gasteiger partial charge >= 0.3 is 0 Å². The van der Waals surface area contributed by atoms with Crippen LogP contribution in [0.3, 0.4) is 0 Å². The minimum absolute atomic E-state index is 0.00393. The van der Waals surface area contributed by atoms with Crippen molar-refractivity contribution in [3.8, 4) is 0 Å². The lowest BCUT2D eigenvalue weighted by molar-refractivity contribution is -0.124. The number of anilines is 2. The predicted molar refractivity (Wildman–Crippen MR) is 90.9 cm³/mol. The van der Waals surface area contributed by atoms with E-state index in [9.17, 15) is 9.59 Å². The van der Waals surface area contributed by atoms with Crippen LogP contribution in [-0.4, -0.2) is 16.9 Å². The molecule has 1 aromatic rings. The molecule has 0 spiro atoms. The van der Waals surface area contributed by atoms with Crippen LogP contribution >= 0.6 is 11.8 Å². The lowest BCUT2D eigenvalue weighted by atomic mass is 9.87. The normalized spacial score (nSPS) is 11.0. The Hall–Kier alpha value is -1.49. The van der Waals surface area contributed by atoms with E-state index in [0.717, 1.165) is 18.6 Å². The van der Waals surface area contributed by atoms with Crippen LogP contribution in [0.2, 0.25) is 0 Å². The summed E-state index contributed by atoms with van der Waals surface area (Å²) in [5, 5.41) is 5.62. The van der Waals surface area contributed by atoms with E-state index >= 15 is 0 Å². The predicted octanol–water partition coefficient (Wildman–Crippen LogP) is 4.74. The molecule has 0 saturated heterocycles. The zero-order valence-corrected chi connectivity index (χ0v) is 14.0. The van der Waals surface area contributed by atoms with Crippen LogP contribution in [0.1, 0.15) is 40.5 Å². The number of thioether (sulfide) groups is 1. The highest BCUT2D eigenvalue weighted by Crippen LogP contribution is 2.25. The average molecular weight is 308 g/mol. The summed E-state index contributed by atoms with van der Waals surface area (Å²) in [5.74, 6) is 0.726. The van der Waals surface area contributed by atoms with Crippen molar-refractivity contribution < 1.29 is 9.59 Å². The molecule has 21 heavy (non-hydrogen) atoms. The number of carbonyl (C=O) groups excluding carboxylic acids is 2. The largest absolute Gasteiger partial charge is 0.326 e. The number of amides is 2. The van der Waals surface area contributed by atoms with Gasteiger partial charge in [-0.3, -0.25) is 9.59 Å². The maximum Gasteiger partial charge on any atom is 0.283 e. The quantitative estimate of drug-likeness (QED) is 0.798.